The molecular formula is C14H14N2OS. The van der Waals surface area contributed by atoms with Crippen LogP contribution in [-0.2, 0) is 19.5 Å². The molecule has 0 atom stereocenters. The largest absolute Gasteiger partial charge is 0.309 e. The maximum absolute atomic E-state index is 12.2. The molecule has 2 heterocycles. The Morgan fingerprint density at radius 1 is 1.39 bits per heavy atom. The van der Waals surface area contributed by atoms with E-state index < -0.39 is 0 Å². The van der Waals surface area contributed by atoms with E-state index >= 15 is 0 Å². The van der Waals surface area contributed by atoms with Crippen LogP contribution in [0.25, 0.3) is 0 Å². The van der Waals surface area contributed by atoms with Crippen molar-refractivity contribution in [3.05, 3.63) is 51.0 Å². The normalized spacial score (nSPS) is 13.6. The van der Waals surface area contributed by atoms with E-state index in [0.29, 0.717) is 6.42 Å². The van der Waals surface area contributed by atoms with Crippen LogP contribution < -0.4 is 5.32 Å². The predicted octanol–water partition coefficient (Wildman–Crippen LogP) is 2.48. The van der Waals surface area contributed by atoms with E-state index in [1.807, 2.05) is 24.4 Å². The number of thiazole rings is 1. The number of ketones is 1. The van der Waals surface area contributed by atoms with Gasteiger partial charge in [-0.2, -0.15) is 0 Å². The minimum Gasteiger partial charge on any atom is -0.309 e. The summed E-state index contributed by atoms with van der Waals surface area (Å²) in [6.07, 6.45) is 0.407. The van der Waals surface area contributed by atoms with Gasteiger partial charge >= 0.3 is 0 Å². The Balaban J connectivity index is 1.80. The monoisotopic (exact) mass is 258 g/mol. The fraction of sp³-hybridized carbons (Fsp3) is 0.286. The first-order valence-electron chi connectivity index (χ1n) is 5.99. The van der Waals surface area contributed by atoms with Gasteiger partial charge in [0.1, 0.15) is 5.01 Å². The zero-order chi connectivity index (χ0) is 12.5. The molecule has 0 saturated carbocycles. The van der Waals surface area contributed by atoms with Crippen LogP contribution >= 0.6 is 11.3 Å². The van der Waals surface area contributed by atoms with Gasteiger partial charge in [-0.15, -0.1) is 11.3 Å². The Bertz CT molecular complexity index is 604. The molecule has 3 nitrogen and oxygen atoms in total. The van der Waals surface area contributed by atoms with Crippen molar-refractivity contribution in [1.29, 1.82) is 0 Å². The number of carbonyl (C=O) groups excluding carboxylic acids is 1. The third-order valence-corrected chi connectivity index (χ3v) is 4.10. The van der Waals surface area contributed by atoms with Gasteiger partial charge in [0.15, 0.2) is 5.78 Å². The van der Waals surface area contributed by atoms with Gasteiger partial charge in [0.25, 0.3) is 0 Å². The minimum absolute atomic E-state index is 0.152. The minimum atomic E-state index is 0.152. The Kier molecular flexibility index (Phi) is 2.97. The topological polar surface area (TPSA) is 42.0 Å². The second-order valence-corrected chi connectivity index (χ2v) is 5.51. The molecule has 4 heteroatoms. The van der Waals surface area contributed by atoms with E-state index in [0.717, 1.165) is 29.4 Å². The average Bonchev–Trinajstić information content (AvgIpc) is 2.96. The number of nitrogens with zero attached hydrogens (tertiary/aromatic N) is 1. The second-order valence-electron chi connectivity index (χ2n) is 4.57. The molecule has 0 spiro atoms. The molecule has 18 heavy (non-hydrogen) atoms. The number of aryl methyl sites for hydroxylation is 1. The van der Waals surface area contributed by atoms with Crippen molar-refractivity contribution in [2.75, 3.05) is 0 Å². The molecular weight excluding hydrogens is 244 g/mol. The van der Waals surface area contributed by atoms with Crippen molar-refractivity contribution >= 4 is 17.1 Å². The van der Waals surface area contributed by atoms with Crippen molar-refractivity contribution in [1.82, 2.24) is 10.3 Å². The second kappa shape index (κ2) is 4.63. The maximum atomic E-state index is 12.2. The highest BCUT2D eigenvalue weighted by atomic mass is 32.1. The smallest absolute Gasteiger partial charge is 0.169 e. The number of benzene rings is 1. The molecule has 1 aliphatic heterocycles. The van der Waals surface area contributed by atoms with Gasteiger partial charge in [0.05, 0.1) is 6.42 Å². The number of Topliss-reactive ketones (excluding diaryl/α,β-unsaturated/α-hetero) is 1. The summed E-state index contributed by atoms with van der Waals surface area (Å²) in [7, 11) is 0. The number of hydrogen-bond acceptors (Lipinski definition) is 4. The highest BCUT2D eigenvalue weighted by Gasteiger charge is 2.14. The first kappa shape index (κ1) is 11.6. The summed E-state index contributed by atoms with van der Waals surface area (Å²) < 4.78 is 0. The maximum Gasteiger partial charge on any atom is 0.169 e. The van der Waals surface area contributed by atoms with Crippen LogP contribution in [0.2, 0.25) is 0 Å². The first-order valence-corrected chi connectivity index (χ1v) is 6.87. The third-order valence-electron chi connectivity index (χ3n) is 3.14. The Hall–Kier alpha value is -1.52. The standard InChI is InChI=1S/C14H14N2OS/c1-9-8-18-14(16-9)5-13(17)10-2-3-11-6-15-7-12(11)4-10/h2-4,8,15H,5-7H2,1H3. The number of nitrogens with one attached hydrogen (secondary N) is 1. The summed E-state index contributed by atoms with van der Waals surface area (Å²) in [5.74, 6) is 0.152. The number of aromatic nitrogens is 1. The van der Waals surface area contributed by atoms with Crippen LogP contribution in [0.1, 0.15) is 32.2 Å². The molecule has 3 rings (SSSR count). The first-order chi connectivity index (χ1) is 8.72. The summed E-state index contributed by atoms with van der Waals surface area (Å²) in [6.45, 7) is 3.73. The molecule has 1 aliphatic rings. The lowest BCUT2D eigenvalue weighted by Gasteiger charge is -2.02. The third kappa shape index (κ3) is 2.21. The molecule has 0 fully saturated rings. The quantitative estimate of drug-likeness (QED) is 0.860. The van der Waals surface area contributed by atoms with Crippen LogP contribution in [0.3, 0.4) is 0 Å². The van der Waals surface area contributed by atoms with Crippen LogP contribution in [-0.4, -0.2) is 10.8 Å². The lowest BCUT2D eigenvalue weighted by Crippen LogP contribution is -2.04. The van der Waals surface area contributed by atoms with Gasteiger partial charge in [-0.25, -0.2) is 4.98 Å². The highest BCUT2D eigenvalue weighted by molar-refractivity contribution is 7.09. The van der Waals surface area contributed by atoms with E-state index in [9.17, 15) is 4.79 Å². The van der Waals surface area contributed by atoms with Crippen molar-refractivity contribution < 1.29 is 4.79 Å². The fourth-order valence-electron chi connectivity index (χ4n) is 2.19. The summed E-state index contributed by atoms with van der Waals surface area (Å²) >= 11 is 1.55. The molecule has 1 aromatic carbocycles. The molecule has 92 valence electrons. The van der Waals surface area contributed by atoms with Gasteiger partial charge < -0.3 is 5.32 Å². The van der Waals surface area contributed by atoms with Crippen molar-refractivity contribution in [3.63, 3.8) is 0 Å². The van der Waals surface area contributed by atoms with E-state index in [-0.39, 0.29) is 5.78 Å². The predicted molar refractivity (Wildman–Crippen MR) is 71.9 cm³/mol. The van der Waals surface area contributed by atoms with Crippen molar-refractivity contribution in [3.8, 4) is 0 Å². The molecule has 0 amide bonds. The zero-order valence-electron chi connectivity index (χ0n) is 10.2. The Labute approximate surface area is 110 Å². The van der Waals surface area contributed by atoms with Crippen LogP contribution in [0.5, 0.6) is 0 Å². The van der Waals surface area contributed by atoms with Crippen molar-refractivity contribution in [2.45, 2.75) is 26.4 Å². The van der Waals surface area contributed by atoms with Gasteiger partial charge in [-0.3, -0.25) is 4.79 Å². The summed E-state index contributed by atoms with van der Waals surface area (Å²) in [5.41, 5.74) is 4.33. The Morgan fingerprint density at radius 3 is 3.00 bits per heavy atom. The van der Waals surface area contributed by atoms with Gasteiger partial charge in [0.2, 0.25) is 0 Å². The van der Waals surface area contributed by atoms with Crippen molar-refractivity contribution in [2.24, 2.45) is 0 Å². The van der Waals surface area contributed by atoms with Crippen LogP contribution in [0, 0.1) is 6.92 Å². The lowest BCUT2D eigenvalue weighted by molar-refractivity contribution is 0.0993. The molecule has 2 aromatic rings. The lowest BCUT2D eigenvalue weighted by atomic mass is 10.0. The molecule has 1 aromatic heterocycles. The highest BCUT2D eigenvalue weighted by Crippen LogP contribution is 2.19. The fourth-order valence-corrected chi connectivity index (χ4v) is 2.96. The van der Waals surface area contributed by atoms with E-state index in [2.05, 4.69) is 16.4 Å². The molecule has 0 saturated heterocycles. The molecule has 0 bridgehead atoms. The molecule has 0 aliphatic carbocycles. The van der Waals surface area contributed by atoms with Gasteiger partial charge in [0, 0.05) is 29.7 Å². The van der Waals surface area contributed by atoms with Crippen LogP contribution in [0.4, 0.5) is 0 Å². The zero-order valence-corrected chi connectivity index (χ0v) is 11.0. The average molecular weight is 258 g/mol. The summed E-state index contributed by atoms with van der Waals surface area (Å²) in [5, 5.41) is 6.17. The van der Waals surface area contributed by atoms with E-state index in [1.165, 1.54) is 11.1 Å². The molecule has 1 N–H and O–H groups in total. The van der Waals surface area contributed by atoms with Crippen LogP contribution in [0.15, 0.2) is 23.6 Å². The Morgan fingerprint density at radius 2 is 2.22 bits per heavy atom. The summed E-state index contributed by atoms with van der Waals surface area (Å²) in [4.78, 5) is 16.5. The number of hydrogen-bond donors (Lipinski definition) is 1. The van der Waals surface area contributed by atoms with E-state index in [1.54, 1.807) is 11.3 Å². The molecule has 0 radical (unpaired) electrons. The summed E-state index contributed by atoms with van der Waals surface area (Å²) in [6, 6.07) is 5.99. The number of rotatable bonds is 3. The van der Waals surface area contributed by atoms with Gasteiger partial charge in [-0.05, 0) is 24.1 Å². The number of carbonyl (C=O) groups is 1. The van der Waals surface area contributed by atoms with E-state index in [4.69, 9.17) is 0 Å². The van der Waals surface area contributed by atoms with Gasteiger partial charge in [-0.1, -0.05) is 12.1 Å². The number of fused-ring (bicyclic) bond motifs is 1. The molecule has 0 unspecified atom stereocenters. The SMILES string of the molecule is Cc1csc(CC(=O)c2ccc3c(c2)CNC3)n1.